The number of carbonyl (C=O) groups excluding carboxylic acids is 2. The Labute approximate surface area is 201 Å². The lowest BCUT2D eigenvalue weighted by Crippen LogP contribution is -2.50. The molecule has 1 aliphatic rings. The average molecular weight is 467 g/mol. The Kier molecular flexibility index (Phi) is 7.97. The number of nitrogens with zero attached hydrogens (tertiary/aromatic N) is 1. The van der Waals surface area contributed by atoms with Gasteiger partial charge in [-0.2, -0.15) is 0 Å². The van der Waals surface area contributed by atoms with Gasteiger partial charge in [-0.3, -0.25) is 9.59 Å². The summed E-state index contributed by atoms with van der Waals surface area (Å²) in [6, 6.07) is 16.2. The van der Waals surface area contributed by atoms with Crippen LogP contribution < -0.4 is 5.32 Å². The van der Waals surface area contributed by atoms with Crippen LogP contribution in [0, 0.1) is 11.3 Å². The third kappa shape index (κ3) is 5.58. The van der Waals surface area contributed by atoms with Crippen molar-refractivity contribution < 1.29 is 24.2 Å². The van der Waals surface area contributed by atoms with Crippen LogP contribution in [0.3, 0.4) is 0 Å². The maximum atomic E-state index is 13.2. The Morgan fingerprint density at radius 3 is 2.12 bits per heavy atom. The Bertz CT molecular complexity index is 1010. The van der Waals surface area contributed by atoms with E-state index in [9.17, 15) is 19.5 Å². The molecule has 2 aromatic carbocycles. The van der Waals surface area contributed by atoms with E-state index in [1.165, 1.54) is 4.90 Å². The number of nitrogens with one attached hydrogen (secondary N) is 1. The van der Waals surface area contributed by atoms with Gasteiger partial charge in [-0.25, -0.2) is 4.79 Å². The zero-order chi connectivity index (χ0) is 24.9. The molecule has 1 aliphatic carbocycles. The number of amides is 2. The lowest BCUT2D eigenvalue weighted by atomic mass is 9.85. The summed E-state index contributed by atoms with van der Waals surface area (Å²) in [5.41, 5.74) is 3.63. The number of fused-ring (bicyclic) bond motifs is 3. The number of carbonyl (C=O) groups is 3. The van der Waals surface area contributed by atoms with Crippen LogP contribution in [0.25, 0.3) is 11.1 Å². The molecule has 0 spiro atoms. The van der Waals surface area contributed by atoms with Gasteiger partial charge in [-0.1, -0.05) is 69.3 Å². The molecule has 0 bridgehead atoms. The number of rotatable bonds is 10. The summed E-state index contributed by atoms with van der Waals surface area (Å²) in [5, 5.41) is 12.0. The second kappa shape index (κ2) is 10.7. The number of hydrogen-bond acceptors (Lipinski definition) is 4. The van der Waals surface area contributed by atoms with Crippen molar-refractivity contribution in [2.45, 2.75) is 40.0 Å². The predicted molar refractivity (Wildman–Crippen MR) is 131 cm³/mol. The molecular formula is C27H34N2O5. The minimum absolute atomic E-state index is 0.0468. The highest BCUT2D eigenvalue weighted by molar-refractivity contribution is 5.86. The molecule has 2 amide bonds. The Morgan fingerprint density at radius 2 is 1.62 bits per heavy atom. The van der Waals surface area contributed by atoms with Gasteiger partial charge >= 0.3 is 12.1 Å². The quantitative estimate of drug-likeness (QED) is 0.537. The average Bonchev–Trinajstić information content (AvgIpc) is 3.13. The normalized spacial score (nSPS) is 14.1. The number of hydrogen-bond donors (Lipinski definition) is 2. The molecule has 1 atom stereocenters. The Morgan fingerprint density at radius 1 is 1.06 bits per heavy atom. The van der Waals surface area contributed by atoms with Gasteiger partial charge in [0.05, 0.1) is 5.41 Å². The summed E-state index contributed by atoms with van der Waals surface area (Å²) in [4.78, 5) is 38.4. The number of carboxylic acids is 1. The number of ether oxygens (including phenoxy) is 1. The number of aliphatic carboxylic acids is 1. The summed E-state index contributed by atoms with van der Waals surface area (Å²) < 4.78 is 5.58. The lowest BCUT2D eigenvalue weighted by Gasteiger charge is -2.34. The summed E-state index contributed by atoms with van der Waals surface area (Å²) in [6.07, 6.45) is -0.146. The smallest absolute Gasteiger partial charge is 0.407 e. The van der Waals surface area contributed by atoms with Crippen molar-refractivity contribution in [3.8, 4) is 11.1 Å². The third-order valence-corrected chi connectivity index (χ3v) is 6.46. The van der Waals surface area contributed by atoms with E-state index >= 15 is 0 Å². The van der Waals surface area contributed by atoms with Gasteiger partial charge in [-0.05, 0) is 41.5 Å². The van der Waals surface area contributed by atoms with Crippen LogP contribution in [0.15, 0.2) is 48.5 Å². The van der Waals surface area contributed by atoms with E-state index < -0.39 is 17.5 Å². The zero-order valence-electron chi connectivity index (χ0n) is 20.3. The highest BCUT2D eigenvalue weighted by Gasteiger charge is 2.37. The van der Waals surface area contributed by atoms with Crippen molar-refractivity contribution in [1.29, 1.82) is 0 Å². The first kappa shape index (κ1) is 25.3. The molecule has 0 saturated heterocycles. The molecule has 182 valence electrons. The van der Waals surface area contributed by atoms with E-state index in [1.54, 1.807) is 6.92 Å². The molecule has 0 saturated carbocycles. The number of carboxylic acid groups (broad SMARTS) is 1. The second-order valence-corrected chi connectivity index (χ2v) is 9.57. The van der Waals surface area contributed by atoms with Crippen molar-refractivity contribution in [3.05, 3.63) is 59.7 Å². The van der Waals surface area contributed by atoms with Crippen LogP contribution >= 0.6 is 0 Å². The lowest BCUT2D eigenvalue weighted by molar-refractivity contribution is -0.149. The molecule has 34 heavy (non-hydrogen) atoms. The van der Waals surface area contributed by atoms with Crippen LogP contribution in [-0.4, -0.2) is 54.2 Å². The summed E-state index contributed by atoms with van der Waals surface area (Å²) in [6.45, 7) is 7.69. The van der Waals surface area contributed by atoms with E-state index in [0.717, 1.165) is 22.3 Å². The number of alkyl carbamates (subject to hydrolysis) is 1. The summed E-state index contributed by atoms with van der Waals surface area (Å²) in [7, 11) is 0. The molecule has 0 aromatic heterocycles. The summed E-state index contributed by atoms with van der Waals surface area (Å²) in [5.74, 6) is -1.27. The second-order valence-electron chi connectivity index (χ2n) is 9.57. The highest BCUT2D eigenvalue weighted by atomic mass is 16.5. The molecular weight excluding hydrogens is 432 g/mol. The maximum Gasteiger partial charge on any atom is 0.407 e. The minimum Gasteiger partial charge on any atom is -0.480 e. The molecule has 2 N–H and O–H groups in total. The SMILES string of the molecule is CCC(C)(CNC(=O)OCC1c2ccccc2-c2ccccc21)C(=O)N(CC(=O)O)CC(C)C. The number of benzene rings is 2. The van der Waals surface area contributed by atoms with Crippen LogP contribution in [0.1, 0.15) is 51.2 Å². The Balaban J connectivity index is 1.63. The van der Waals surface area contributed by atoms with Crippen molar-refractivity contribution in [3.63, 3.8) is 0 Å². The van der Waals surface area contributed by atoms with E-state index in [0.29, 0.717) is 13.0 Å². The molecule has 0 radical (unpaired) electrons. The zero-order valence-corrected chi connectivity index (χ0v) is 20.3. The fourth-order valence-electron chi connectivity index (χ4n) is 4.47. The molecule has 2 aromatic rings. The van der Waals surface area contributed by atoms with Gasteiger partial charge in [-0.15, -0.1) is 0 Å². The van der Waals surface area contributed by atoms with Gasteiger partial charge in [0.15, 0.2) is 0 Å². The first-order chi connectivity index (χ1) is 16.2. The molecule has 0 fully saturated rings. The van der Waals surface area contributed by atoms with Crippen molar-refractivity contribution >= 4 is 18.0 Å². The minimum atomic E-state index is -1.06. The van der Waals surface area contributed by atoms with Gasteiger partial charge in [0.2, 0.25) is 5.91 Å². The van der Waals surface area contributed by atoms with Gasteiger partial charge in [0, 0.05) is 19.0 Å². The highest BCUT2D eigenvalue weighted by Crippen LogP contribution is 2.44. The van der Waals surface area contributed by atoms with Crippen LogP contribution in [-0.2, 0) is 14.3 Å². The molecule has 0 heterocycles. The van der Waals surface area contributed by atoms with Crippen LogP contribution in [0.4, 0.5) is 4.79 Å². The molecule has 1 unspecified atom stereocenters. The Hall–Kier alpha value is -3.35. The fourth-order valence-corrected chi connectivity index (χ4v) is 4.47. The van der Waals surface area contributed by atoms with E-state index in [4.69, 9.17) is 4.74 Å². The van der Waals surface area contributed by atoms with Crippen molar-refractivity contribution in [2.24, 2.45) is 11.3 Å². The maximum absolute atomic E-state index is 13.2. The van der Waals surface area contributed by atoms with E-state index in [1.807, 2.05) is 45.0 Å². The topological polar surface area (TPSA) is 95.9 Å². The standard InChI is InChI=1S/C27H34N2O5/c1-5-27(4,25(32)29(14-18(2)3)15-24(30)31)17-28-26(33)34-16-23-21-12-8-6-10-19(21)20-11-7-9-13-22(20)23/h6-13,18,23H,5,14-17H2,1-4H3,(H,28,33)(H,30,31). The largest absolute Gasteiger partial charge is 0.480 e. The van der Waals surface area contributed by atoms with Gasteiger partial charge in [0.25, 0.3) is 0 Å². The molecule has 7 nitrogen and oxygen atoms in total. The van der Waals surface area contributed by atoms with Crippen LogP contribution in [0.5, 0.6) is 0 Å². The van der Waals surface area contributed by atoms with E-state index in [2.05, 4.69) is 29.6 Å². The van der Waals surface area contributed by atoms with Crippen molar-refractivity contribution in [2.75, 3.05) is 26.2 Å². The molecule has 0 aliphatic heterocycles. The first-order valence-electron chi connectivity index (χ1n) is 11.8. The first-order valence-corrected chi connectivity index (χ1v) is 11.8. The monoisotopic (exact) mass is 466 g/mol. The molecule has 3 rings (SSSR count). The van der Waals surface area contributed by atoms with Crippen molar-refractivity contribution in [1.82, 2.24) is 10.2 Å². The van der Waals surface area contributed by atoms with Crippen LogP contribution in [0.2, 0.25) is 0 Å². The van der Waals surface area contributed by atoms with Gasteiger partial charge in [0.1, 0.15) is 13.2 Å². The predicted octanol–water partition coefficient (Wildman–Crippen LogP) is 4.51. The van der Waals surface area contributed by atoms with E-state index in [-0.39, 0.29) is 37.4 Å². The summed E-state index contributed by atoms with van der Waals surface area (Å²) >= 11 is 0. The third-order valence-electron chi connectivity index (χ3n) is 6.46. The van der Waals surface area contributed by atoms with Gasteiger partial charge < -0.3 is 20.1 Å². The molecule has 7 heteroatoms. The fraction of sp³-hybridized carbons (Fsp3) is 0.444.